The minimum atomic E-state index is -0.718. The van der Waals surface area contributed by atoms with Crippen LogP contribution in [0.2, 0.25) is 0 Å². The number of carbonyl (C=O) groups excluding carboxylic acids is 2. The Morgan fingerprint density at radius 2 is 2.21 bits per heavy atom. The second-order valence-corrected chi connectivity index (χ2v) is 7.17. The number of likely N-dealkylation sites (N-methyl/N-ethyl adjacent to an activating group) is 1. The van der Waals surface area contributed by atoms with Gasteiger partial charge < -0.3 is 31.1 Å². The first-order chi connectivity index (χ1) is 13.7. The number of hydrogen-bond acceptors (Lipinski definition) is 10. The monoisotopic (exact) mass is 422 g/mol. The predicted octanol–water partition coefficient (Wildman–Crippen LogP) is -0.904. The molecule has 1 aliphatic rings. The molecule has 0 aromatic carbocycles. The van der Waals surface area contributed by atoms with E-state index in [4.69, 9.17) is 10.6 Å². The Morgan fingerprint density at radius 3 is 2.83 bits per heavy atom. The summed E-state index contributed by atoms with van der Waals surface area (Å²) in [6.45, 7) is 1.40. The Kier molecular flexibility index (Phi) is 5.41. The molecule has 2 atom stereocenters. The molecule has 13 heteroatoms. The summed E-state index contributed by atoms with van der Waals surface area (Å²) in [4.78, 5) is 46.6. The molecule has 3 rings (SSSR count). The molecule has 0 spiro atoms. The minimum Gasteiger partial charge on any atom is -0.503 e. The van der Waals surface area contributed by atoms with Crippen LogP contribution in [0.5, 0.6) is 5.75 Å². The maximum atomic E-state index is 12.7. The summed E-state index contributed by atoms with van der Waals surface area (Å²) in [5, 5.41) is 27.0. The van der Waals surface area contributed by atoms with E-state index in [0.717, 1.165) is 23.6 Å². The lowest BCUT2D eigenvalue weighted by Crippen LogP contribution is -2.68. The Hall–Kier alpha value is -3.61. The van der Waals surface area contributed by atoms with Crippen molar-refractivity contribution in [1.29, 1.82) is 0 Å². The summed E-state index contributed by atoms with van der Waals surface area (Å²) in [5.41, 5.74) is 4.80. The lowest BCUT2D eigenvalue weighted by atomic mass is 9.98. The predicted molar refractivity (Wildman–Crippen MR) is 102 cm³/mol. The largest absolute Gasteiger partial charge is 0.503 e. The van der Waals surface area contributed by atoms with Crippen LogP contribution >= 0.6 is 11.3 Å². The van der Waals surface area contributed by atoms with Crippen molar-refractivity contribution in [3.05, 3.63) is 39.3 Å². The Morgan fingerprint density at radius 1 is 1.48 bits per heavy atom. The maximum Gasteiger partial charge on any atom is 0.276 e. The molecule has 0 unspecified atom stereocenters. The summed E-state index contributed by atoms with van der Waals surface area (Å²) in [6.07, 6.45) is 0.805. The zero-order valence-electron chi connectivity index (χ0n) is 15.4. The van der Waals surface area contributed by atoms with E-state index in [2.05, 4.69) is 15.5 Å². The second-order valence-electron chi connectivity index (χ2n) is 6.28. The molecule has 154 valence electrons. The molecule has 5 N–H and O–H groups in total. The molecule has 0 radical (unpaired) electrons. The van der Waals surface area contributed by atoms with Gasteiger partial charge in [-0.25, -0.2) is 4.98 Å². The van der Waals surface area contributed by atoms with Crippen LogP contribution < -0.4 is 16.5 Å². The molecule has 1 saturated heterocycles. The number of nitrogens with one attached hydrogen (secondary N) is 1. The number of thiazole rings is 1. The van der Waals surface area contributed by atoms with E-state index in [1.165, 1.54) is 10.3 Å². The van der Waals surface area contributed by atoms with Crippen molar-refractivity contribution in [3.63, 3.8) is 0 Å². The van der Waals surface area contributed by atoms with Crippen molar-refractivity contribution in [2.24, 2.45) is 5.16 Å². The van der Waals surface area contributed by atoms with Gasteiger partial charge in [-0.05, 0) is 6.92 Å². The van der Waals surface area contributed by atoms with Gasteiger partial charge in [-0.2, -0.15) is 4.73 Å². The first-order valence-electron chi connectivity index (χ1n) is 8.31. The van der Waals surface area contributed by atoms with Gasteiger partial charge in [0.05, 0.1) is 12.2 Å². The van der Waals surface area contributed by atoms with Crippen molar-refractivity contribution in [2.75, 3.05) is 12.8 Å². The number of rotatable bonds is 6. The first-order valence-corrected chi connectivity index (χ1v) is 9.19. The highest BCUT2D eigenvalue weighted by atomic mass is 32.1. The van der Waals surface area contributed by atoms with E-state index in [0.29, 0.717) is 4.73 Å². The van der Waals surface area contributed by atoms with E-state index in [9.17, 15) is 24.7 Å². The van der Waals surface area contributed by atoms with Crippen molar-refractivity contribution < 1.29 is 24.7 Å². The highest BCUT2D eigenvalue weighted by molar-refractivity contribution is 7.13. The van der Waals surface area contributed by atoms with Crippen LogP contribution in [-0.4, -0.2) is 61.6 Å². The number of nitrogen functional groups attached to an aromatic ring is 1. The number of hydrogen-bond donors (Lipinski definition) is 4. The number of pyridine rings is 1. The number of aromatic hydroxyl groups is 1. The van der Waals surface area contributed by atoms with Crippen LogP contribution in [0, 0.1) is 0 Å². The van der Waals surface area contributed by atoms with Crippen molar-refractivity contribution >= 4 is 34.0 Å². The normalized spacial score (nSPS) is 19.0. The van der Waals surface area contributed by atoms with Gasteiger partial charge in [0.1, 0.15) is 17.4 Å². The molecular weight excluding hydrogens is 404 g/mol. The van der Waals surface area contributed by atoms with Gasteiger partial charge in [-0.1, -0.05) is 5.16 Å². The van der Waals surface area contributed by atoms with E-state index in [1.54, 1.807) is 14.0 Å². The number of nitrogens with zero attached hydrogens (tertiary/aromatic N) is 4. The van der Waals surface area contributed by atoms with Gasteiger partial charge in [0.25, 0.3) is 5.91 Å². The smallest absolute Gasteiger partial charge is 0.276 e. The molecule has 0 aliphatic carbocycles. The number of aromatic nitrogens is 2. The molecule has 1 fully saturated rings. The number of amides is 2. The van der Waals surface area contributed by atoms with Crippen molar-refractivity contribution in [3.8, 4) is 5.75 Å². The third-order valence-corrected chi connectivity index (χ3v) is 5.10. The SMILES string of the molecule is C[C@H]1[C@H](NC(=O)/C(=N\OCc2cc(=O)c(O)cn2O)c2csc(N)n2)C(=O)N1C. The van der Waals surface area contributed by atoms with Crippen LogP contribution in [-0.2, 0) is 21.0 Å². The van der Waals surface area contributed by atoms with Crippen molar-refractivity contribution in [2.45, 2.75) is 25.6 Å². The number of oxime groups is 1. The van der Waals surface area contributed by atoms with Gasteiger partial charge in [0, 0.05) is 18.5 Å². The molecule has 29 heavy (non-hydrogen) atoms. The van der Waals surface area contributed by atoms with Crippen LogP contribution in [0.25, 0.3) is 0 Å². The van der Waals surface area contributed by atoms with Gasteiger partial charge in [0.15, 0.2) is 23.2 Å². The maximum absolute atomic E-state index is 12.7. The topological polar surface area (TPSA) is 172 Å². The van der Waals surface area contributed by atoms with Gasteiger partial charge >= 0.3 is 0 Å². The van der Waals surface area contributed by atoms with E-state index >= 15 is 0 Å². The first kappa shape index (κ1) is 20.1. The summed E-state index contributed by atoms with van der Waals surface area (Å²) in [7, 11) is 1.63. The highest BCUT2D eigenvalue weighted by Crippen LogP contribution is 2.18. The third-order valence-electron chi connectivity index (χ3n) is 4.43. The van der Waals surface area contributed by atoms with E-state index in [-0.39, 0.29) is 40.8 Å². The number of anilines is 1. The molecule has 2 aromatic heterocycles. The number of likely N-dealkylation sites (tertiary alicyclic amines) is 1. The van der Waals surface area contributed by atoms with Gasteiger partial charge in [-0.15, -0.1) is 11.3 Å². The fraction of sp³-hybridized carbons (Fsp3) is 0.312. The third kappa shape index (κ3) is 3.99. The minimum absolute atomic E-state index is 0.0153. The summed E-state index contributed by atoms with van der Waals surface area (Å²) in [6, 6.07) is 0.0685. The molecule has 0 bridgehead atoms. The Labute approximate surface area is 167 Å². The Balaban J connectivity index is 1.79. The summed E-state index contributed by atoms with van der Waals surface area (Å²) >= 11 is 1.09. The van der Waals surface area contributed by atoms with E-state index < -0.39 is 23.1 Å². The lowest BCUT2D eigenvalue weighted by Gasteiger charge is -2.42. The molecule has 12 nitrogen and oxygen atoms in total. The molecule has 2 aromatic rings. The van der Waals surface area contributed by atoms with Crippen LogP contribution in [0.3, 0.4) is 0 Å². The molecular formula is C16H18N6O6S. The molecule has 1 aliphatic heterocycles. The lowest BCUT2D eigenvalue weighted by molar-refractivity contribution is -0.149. The zero-order valence-corrected chi connectivity index (χ0v) is 16.2. The number of nitrogens with two attached hydrogens (primary N) is 1. The average molecular weight is 422 g/mol. The van der Waals surface area contributed by atoms with Crippen LogP contribution in [0.15, 0.2) is 27.6 Å². The van der Waals surface area contributed by atoms with E-state index in [1.807, 2.05) is 0 Å². The second kappa shape index (κ2) is 7.79. The quantitative estimate of drug-likeness (QED) is 0.200. The van der Waals surface area contributed by atoms with Gasteiger partial charge in [-0.3, -0.25) is 14.4 Å². The van der Waals surface area contributed by atoms with Crippen molar-refractivity contribution in [1.82, 2.24) is 19.9 Å². The summed E-state index contributed by atoms with van der Waals surface area (Å²) < 4.78 is 0.497. The number of β-lactam (4-membered cyclic amide) rings is 1. The molecule has 2 amide bonds. The molecule has 0 saturated carbocycles. The van der Waals surface area contributed by atoms with Crippen LogP contribution in [0.1, 0.15) is 18.3 Å². The fourth-order valence-electron chi connectivity index (χ4n) is 2.59. The fourth-order valence-corrected chi connectivity index (χ4v) is 3.13. The molecule has 3 heterocycles. The standard InChI is InChI=1S/C16H18N6O6S/c1-7-12(15(26)21(7)2)19-14(25)13(9-6-29-16(17)18-9)20-28-5-8-3-10(23)11(24)4-22(8)27/h3-4,6-7,12,24,27H,5H2,1-2H3,(H2,17,18)(H,19,25)/b20-13-/t7-,12-/m0/s1. The Bertz CT molecular complexity index is 1050. The van der Waals surface area contributed by atoms with Crippen LogP contribution in [0.4, 0.5) is 5.13 Å². The highest BCUT2D eigenvalue weighted by Gasteiger charge is 2.43. The average Bonchev–Trinajstić information content (AvgIpc) is 3.11. The number of carbonyl (C=O) groups is 2. The zero-order chi connectivity index (χ0) is 21.3. The van der Waals surface area contributed by atoms with Gasteiger partial charge in [0.2, 0.25) is 11.3 Å². The summed E-state index contributed by atoms with van der Waals surface area (Å²) in [5.74, 6) is -1.57.